The van der Waals surface area contributed by atoms with Crippen LogP contribution in [0.5, 0.6) is 5.75 Å². The summed E-state index contributed by atoms with van der Waals surface area (Å²) >= 11 is 0. The van der Waals surface area contributed by atoms with E-state index in [4.69, 9.17) is 4.74 Å². The summed E-state index contributed by atoms with van der Waals surface area (Å²) < 4.78 is 32.2. The van der Waals surface area contributed by atoms with Gasteiger partial charge < -0.3 is 15.0 Å². The molecule has 4 nitrogen and oxygen atoms in total. The maximum atomic E-state index is 13.4. The van der Waals surface area contributed by atoms with E-state index in [2.05, 4.69) is 15.2 Å². The molecule has 1 N–H and O–H groups in total. The summed E-state index contributed by atoms with van der Waals surface area (Å²) in [5.41, 5.74) is 0.741. The molecule has 0 spiro atoms. The fourth-order valence-electron chi connectivity index (χ4n) is 3.05. The highest BCUT2D eigenvalue weighted by Gasteiger charge is 2.20. The Bertz CT molecular complexity index is 676. The van der Waals surface area contributed by atoms with Crippen molar-refractivity contribution < 1.29 is 13.5 Å². The van der Waals surface area contributed by atoms with Gasteiger partial charge in [0, 0.05) is 43.6 Å². The van der Waals surface area contributed by atoms with Gasteiger partial charge in [0.2, 0.25) is 0 Å². The number of rotatable bonds is 6. The molecule has 1 aromatic carbocycles. The molecule has 1 aromatic heterocycles. The Balaban J connectivity index is 1.42. The maximum Gasteiger partial charge on any atom is 0.160 e. The highest BCUT2D eigenvalue weighted by atomic mass is 19.2. The first-order valence-corrected chi connectivity index (χ1v) is 8.62. The van der Waals surface area contributed by atoms with Crippen LogP contribution < -0.4 is 15.0 Å². The van der Waals surface area contributed by atoms with Gasteiger partial charge in [-0.25, -0.2) is 8.78 Å². The average Bonchev–Trinajstić information content (AvgIpc) is 2.64. The third kappa shape index (κ3) is 4.89. The Morgan fingerprint density at radius 1 is 1.24 bits per heavy atom. The summed E-state index contributed by atoms with van der Waals surface area (Å²) in [5, 5.41) is 3.53. The van der Waals surface area contributed by atoms with Crippen LogP contribution in [0.15, 0.2) is 42.7 Å². The lowest BCUT2D eigenvalue weighted by Gasteiger charge is -2.34. The van der Waals surface area contributed by atoms with Crippen molar-refractivity contribution in [2.45, 2.75) is 31.9 Å². The first-order chi connectivity index (χ1) is 12.1. The highest BCUT2D eigenvalue weighted by Crippen LogP contribution is 2.22. The van der Waals surface area contributed by atoms with Crippen molar-refractivity contribution in [3.8, 4) is 5.75 Å². The van der Waals surface area contributed by atoms with E-state index in [1.165, 1.54) is 12.1 Å². The number of benzene rings is 1. The molecule has 1 atom stereocenters. The van der Waals surface area contributed by atoms with Gasteiger partial charge in [0.05, 0.1) is 6.20 Å². The van der Waals surface area contributed by atoms with Gasteiger partial charge in [0.15, 0.2) is 11.6 Å². The molecular weight excluding hydrogens is 324 g/mol. The Hall–Kier alpha value is -2.21. The highest BCUT2D eigenvalue weighted by molar-refractivity contribution is 5.47. The molecule has 2 aromatic rings. The normalized spacial score (nSPS) is 16.7. The van der Waals surface area contributed by atoms with Gasteiger partial charge in [-0.1, -0.05) is 0 Å². The van der Waals surface area contributed by atoms with E-state index in [1.807, 2.05) is 19.1 Å². The number of nitrogens with one attached hydrogen (secondary N) is 1. The molecule has 134 valence electrons. The van der Waals surface area contributed by atoms with Gasteiger partial charge in [0.25, 0.3) is 0 Å². The topological polar surface area (TPSA) is 37.4 Å². The molecule has 0 amide bonds. The summed E-state index contributed by atoms with van der Waals surface area (Å²) in [7, 11) is 0. The SMILES string of the molecule is CC(CNC1CCN(c2ccc(F)c(F)c2)CC1)Oc1cccnc1. The number of ether oxygens (including phenoxy) is 1. The Kier molecular flexibility index (Phi) is 5.81. The molecule has 0 bridgehead atoms. The summed E-state index contributed by atoms with van der Waals surface area (Å²) in [6.07, 6.45) is 5.39. The van der Waals surface area contributed by atoms with E-state index in [9.17, 15) is 8.78 Å². The number of pyridine rings is 1. The second kappa shape index (κ2) is 8.25. The zero-order chi connectivity index (χ0) is 17.6. The molecule has 2 heterocycles. The molecule has 1 aliphatic rings. The van der Waals surface area contributed by atoms with Gasteiger partial charge in [-0.2, -0.15) is 0 Å². The first-order valence-electron chi connectivity index (χ1n) is 8.62. The standard InChI is InChI=1S/C19H23F2N3O/c1-14(25-17-3-2-8-22-13-17)12-23-15-6-9-24(10-7-15)16-4-5-18(20)19(21)11-16/h2-5,8,11,13-15,23H,6-7,9-10,12H2,1H3. The van der Waals surface area contributed by atoms with Gasteiger partial charge in [-0.3, -0.25) is 4.98 Å². The van der Waals surface area contributed by atoms with Crippen molar-refractivity contribution >= 4 is 5.69 Å². The lowest BCUT2D eigenvalue weighted by atomic mass is 10.0. The first kappa shape index (κ1) is 17.6. The van der Waals surface area contributed by atoms with Crippen LogP contribution >= 0.6 is 0 Å². The molecule has 3 rings (SSSR count). The van der Waals surface area contributed by atoms with Gasteiger partial charge in [-0.15, -0.1) is 0 Å². The number of anilines is 1. The molecule has 1 fully saturated rings. The molecular formula is C19H23F2N3O. The number of hydrogen-bond acceptors (Lipinski definition) is 4. The van der Waals surface area contributed by atoms with Crippen molar-refractivity contribution in [3.63, 3.8) is 0 Å². The van der Waals surface area contributed by atoms with Gasteiger partial charge in [-0.05, 0) is 44.0 Å². The van der Waals surface area contributed by atoms with Crippen molar-refractivity contribution in [1.82, 2.24) is 10.3 Å². The summed E-state index contributed by atoms with van der Waals surface area (Å²) in [6.45, 7) is 4.42. The molecule has 1 saturated heterocycles. The lowest BCUT2D eigenvalue weighted by molar-refractivity contribution is 0.207. The maximum absolute atomic E-state index is 13.4. The molecule has 1 unspecified atom stereocenters. The minimum atomic E-state index is -0.803. The number of piperidine rings is 1. The molecule has 0 aliphatic carbocycles. The number of halogens is 2. The minimum absolute atomic E-state index is 0.0495. The predicted molar refractivity (Wildman–Crippen MR) is 93.9 cm³/mol. The van der Waals surface area contributed by atoms with Crippen LogP contribution in [0.1, 0.15) is 19.8 Å². The number of hydrogen-bond donors (Lipinski definition) is 1. The smallest absolute Gasteiger partial charge is 0.160 e. The van der Waals surface area contributed by atoms with Gasteiger partial charge in [0.1, 0.15) is 11.9 Å². The van der Waals surface area contributed by atoms with Crippen molar-refractivity contribution in [3.05, 3.63) is 54.4 Å². The van der Waals surface area contributed by atoms with E-state index in [0.29, 0.717) is 6.04 Å². The quantitative estimate of drug-likeness (QED) is 0.869. The molecule has 0 saturated carbocycles. The molecule has 0 radical (unpaired) electrons. The van der Waals surface area contributed by atoms with Crippen LogP contribution in [0.3, 0.4) is 0 Å². The number of aromatic nitrogens is 1. The van der Waals surface area contributed by atoms with Crippen LogP contribution in [0, 0.1) is 11.6 Å². The van der Waals surface area contributed by atoms with Crippen molar-refractivity contribution in [2.75, 3.05) is 24.5 Å². The van der Waals surface area contributed by atoms with E-state index in [0.717, 1.165) is 43.9 Å². The Morgan fingerprint density at radius 2 is 2.04 bits per heavy atom. The van der Waals surface area contributed by atoms with Gasteiger partial charge >= 0.3 is 0 Å². The van der Waals surface area contributed by atoms with E-state index >= 15 is 0 Å². The third-order valence-corrected chi connectivity index (χ3v) is 4.43. The van der Waals surface area contributed by atoms with Crippen LogP contribution in [-0.2, 0) is 0 Å². The largest absolute Gasteiger partial charge is 0.488 e. The van der Waals surface area contributed by atoms with Crippen molar-refractivity contribution in [2.24, 2.45) is 0 Å². The Morgan fingerprint density at radius 3 is 2.72 bits per heavy atom. The van der Waals surface area contributed by atoms with E-state index < -0.39 is 11.6 Å². The fraction of sp³-hybridized carbons (Fsp3) is 0.421. The van der Waals surface area contributed by atoms with E-state index in [1.54, 1.807) is 18.5 Å². The summed E-state index contributed by atoms with van der Waals surface area (Å²) in [6, 6.07) is 8.24. The number of nitrogens with zero attached hydrogens (tertiary/aromatic N) is 2. The van der Waals surface area contributed by atoms with Crippen LogP contribution in [0.4, 0.5) is 14.5 Å². The monoisotopic (exact) mass is 347 g/mol. The zero-order valence-electron chi connectivity index (χ0n) is 14.3. The zero-order valence-corrected chi connectivity index (χ0v) is 14.3. The predicted octanol–water partition coefficient (Wildman–Crippen LogP) is 3.39. The molecule has 6 heteroatoms. The molecule has 1 aliphatic heterocycles. The Labute approximate surface area is 146 Å². The average molecular weight is 347 g/mol. The van der Waals surface area contributed by atoms with Crippen LogP contribution in [0.25, 0.3) is 0 Å². The lowest BCUT2D eigenvalue weighted by Crippen LogP contribution is -2.45. The van der Waals surface area contributed by atoms with Crippen LogP contribution in [-0.4, -0.2) is 36.8 Å². The third-order valence-electron chi connectivity index (χ3n) is 4.43. The molecule has 25 heavy (non-hydrogen) atoms. The van der Waals surface area contributed by atoms with E-state index in [-0.39, 0.29) is 6.10 Å². The van der Waals surface area contributed by atoms with Crippen LogP contribution in [0.2, 0.25) is 0 Å². The second-order valence-electron chi connectivity index (χ2n) is 6.39. The summed E-state index contributed by atoms with van der Waals surface area (Å²) in [5.74, 6) is -0.827. The fourth-order valence-corrected chi connectivity index (χ4v) is 3.05. The second-order valence-corrected chi connectivity index (χ2v) is 6.39. The minimum Gasteiger partial charge on any atom is -0.488 e. The summed E-state index contributed by atoms with van der Waals surface area (Å²) in [4.78, 5) is 6.13. The van der Waals surface area contributed by atoms with Crippen molar-refractivity contribution in [1.29, 1.82) is 0 Å².